The summed E-state index contributed by atoms with van der Waals surface area (Å²) >= 11 is 3.37. The Morgan fingerprint density at radius 3 is 2.95 bits per heavy atom. The van der Waals surface area contributed by atoms with Gasteiger partial charge in [-0.1, -0.05) is 0 Å². The number of hydrogen-bond acceptors (Lipinski definition) is 4. The van der Waals surface area contributed by atoms with Crippen molar-refractivity contribution in [3.63, 3.8) is 0 Å². The molecule has 0 amide bonds. The number of carboxylic acids is 1. The van der Waals surface area contributed by atoms with E-state index in [0.29, 0.717) is 19.8 Å². The Bertz CT molecular complexity index is 472. The van der Waals surface area contributed by atoms with E-state index in [4.69, 9.17) is 14.6 Å². The summed E-state index contributed by atoms with van der Waals surface area (Å²) in [6, 6.07) is 4.89. The molecule has 0 bridgehead atoms. The lowest BCUT2D eigenvalue weighted by Gasteiger charge is -2.26. The first-order valence-electron chi connectivity index (χ1n) is 5.96. The highest BCUT2D eigenvalue weighted by Gasteiger charge is 2.34. The second-order valence-electron chi connectivity index (χ2n) is 4.54. The van der Waals surface area contributed by atoms with Crippen molar-refractivity contribution in [1.29, 1.82) is 0 Å². The van der Waals surface area contributed by atoms with Crippen molar-refractivity contribution in [2.24, 2.45) is 0 Å². The molecule has 1 aromatic carbocycles. The molecule has 0 saturated carbocycles. The first-order chi connectivity index (χ1) is 9.06. The Kier molecular flexibility index (Phi) is 4.44. The van der Waals surface area contributed by atoms with Crippen LogP contribution in [0.5, 0.6) is 0 Å². The van der Waals surface area contributed by atoms with Gasteiger partial charge in [-0.15, -0.1) is 0 Å². The molecule has 1 fully saturated rings. The van der Waals surface area contributed by atoms with Crippen LogP contribution in [0.2, 0.25) is 0 Å². The summed E-state index contributed by atoms with van der Waals surface area (Å²) in [6.45, 7) is 1.89. The molecule has 19 heavy (non-hydrogen) atoms. The molecular weight excluding hydrogens is 314 g/mol. The number of halogens is 1. The maximum atomic E-state index is 10.9. The van der Waals surface area contributed by atoms with Gasteiger partial charge in [0.15, 0.2) is 0 Å². The monoisotopic (exact) mass is 329 g/mol. The van der Waals surface area contributed by atoms with Crippen LogP contribution in [-0.4, -0.2) is 43.5 Å². The van der Waals surface area contributed by atoms with E-state index in [0.717, 1.165) is 16.6 Å². The van der Waals surface area contributed by atoms with Gasteiger partial charge in [0, 0.05) is 36.8 Å². The van der Waals surface area contributed by atoms with Crippen LogP contribution in [0.25, 0.3) is 0 Å². The molecule has 2 rings (SSSR count). The number of ether oxygens (including phenoxy) is 2. The van der Waals surface area contributed by atoms with E-state index in [9.17, 15) is 4.79 Å². The molecule has 1 unspecified atom stereocenters. The molecule has 0 aromatic heterocycles. The fraction of sp³-hybridized carbons (Fsp3) is 0.462. The van der Waals surface area contributed by atoms with E-state index in [1.54, 1.807) is 25.3 Å². The average Bonchev–Trinajstić information content (AvgIpc) is 2.86. The van der Waals surface area contributed by atoms with Gasteiger partial charge in [-0.05, 0) is 34.1 Å². The minimum Gasteiger partial charge on any atom is -0.478 e. The summed E-state index contributed by atoms with van der Waals surface area (Å²) < 4.78 is 11.6. The Balaban J connectivity index is 2.05. The minimum atomic E-state index is -0.940. The van der Waals surface area contributed by atoms with Gasteiger partial charge in [-0.3, -0.25) is 0 Å². The first kappa shape index (κ1) is 14.3. The van der Waals surface area contributed by atoms with Gasteiger partial charge >= 0.3 is 5.97 Å². The molecule has 1 heterocycles. The van der Waals surface area contributed by atoms with Crippen LogP contribution in [-0.2, 0) is 9.47 Å². The van der Waals surface area contributed by atoms with Gasteiger partial charge in [0.05, 0.1) is 12.2 Å². The Hall–Kier alpha value is -1.11. The fourth-order valence-electron chi connectivity index (χ4n) is 2.01. The van der Waals surface area contributed by atoms with Crippen LogP contribution in [0.4, 0.5) is 5.69 Å². The van der Waals surface area contributed by atoms with Crippen LogP contribution in [0, 0.1) is 0 Å². The smallest absolute Gasteiger partial charge is 0.335 e. The Morgan fingerprint density at radius 2 is 2.42 bits per heavy atom. The predicted octanol–water partition coefficient (Wildman–Crippen LogP) is 2.36. The number of anilines is 1. The molecule has 6 heteroatoms. The molecule has 1 aromatic rings. The zero-order valence-electron chi connectivity index (χ0n) is 10.6. The summed E-state index contributed by atoms with van der Waals surface area (Å²) in [5.41, 5.74) is 0.793. The Labute approximate surface area is 120 Å². The average molecular weight is 330 g/mol. The first-order valence-corrected chi connectivity index (χ1v) is 6.75. The highest BCUT2D eigenvalue weighted by atomic mass is 79.9. The number of rotatable bonds is 5. The third kappa shape index (κ3) is 3.26. The van der Waals surface area contributed by atoms with Gasteiger partial charge in [0.25, 0.3) is 0 Å². The van der Waals surface area contributed by atoms with Crippen molar-refractivity contribution in [2.45, 2.75) is 12.0 Å². The van der Waals surface area contributed by atoms with Crippen molar-refractivity contribution >= 4 is 27.6 Å². The zero-order valence-corrected chi connectivity index (χ0v) is 12.2. The molecule has 1 atom stereocenters. The van der Waals surface area contributed by atoms with E-state index in [2.05, 4.69) is 21.2 Å². The summed E-state index contributed by atoms with van der Waals surface area (Å²) in [5.74, 6) is -0.940. The second kappa shape index (κ2) is 5.90. The van der Waals surface area contributed by atoms with Gasteiger partial charge in [0.2, 0.25) is 0 Å². The van der Waals surface area contributed by atoms with Crippen LogP contribution >= 0.6 is 15.9 Å². The van der Waals surface area contributed by atoms with Crippen molar-refractivity contribution in [3.05, 3.63) is 28.2 Å². The number of aromatic carboxylic acids is 1. The van der Waals surface area contributed by atoms with Crippen molar-refractivity contribution in [3.8, 4) is 0 Å². The molecule has 0 spiro atoms. The van der Waals surface area contributed by atoms with Gasteiger partial charge < -0.3 is 19.9 Å². The Morgan fingerprint density at radius 1 is 1.63 bits per heavy atom. The summed E-state index contributed by atoms with van der Waals surface area (Å²) in [4.78, 5) is 10.9. The highest BCUT2D eigenvalue weighted by Crippen LogP contribution is 2.27. The molecule has 5 nitrogen and oxygen atoms in total. The quantitative estimate of drug-likeness (QED) is 0.868. The molecular formula is C13H16BrNO4. The van der Waals surface area contributed by atoms with Crippen LogP contribution in [0.1, 0.15) is 16.8 Å². The molecule has 0 aliphatic carbocycles. The van der Waals surface area contributed by atoms with Crippen LogP contribution in [0.3, 0.4) is 0 Å². The van der Waals surface area contributed by atoms with Crippen LogP contribution < -0.4 is 5.32 Å². The fourth-order valence-corrected chi connectivity index (χ4v) is 2.53. The van der Waals surface area contributed by atoms with Crippen molar-refractivity contribution < 1.29 is 19.4 Å². The standard InChI is InChI=1S/C13H16BrNO4/c1-18-13(4-5-19-8-13)7-15-11-3-2-9(12(16)17)6-10(11)14/h2-3,6,15H,4-5,7-8H2,1H3,(H,16,17). The van der Waals surface area contributed by atoms with Crippen LogP contribution in [0.15, 0.2) is 22.7 Å². The number of methoxy groups -OCH3 is 1. The topological polar surface area (TPSA) is 67.8 Å². The molecule has 1 aliphatic rings. The number of carbonyl (C=O) groups is 1. The lowest BCUT2D eigenvalue weighted by molar-refractivity contribution is -0.00620. The molecule has 1 aliphatic heterocycles. The van der Waals surface area contributed by atoms with E-state index < -0.39 is 5.97 Å². The maximum Gasteiger partial charge on any atom is 0.335 e. The molecule has 1 saturated heterocycles. The van der Waals surface area contributed by atoms with Crippen molar-refractivity contribution in [1.82, 2.24) is 0 Å². The minimum absolute atomic E-state index is 0.253. The number of carboxylic acid groups (broad SMARTS) is 1. The SMILES string of the molecule is COC1(CNc2ccc(C(=O)O)cc2Br)CCOC1. The van der Waals surface area contributed by atoms with Gasteiger partial charge in [0.1, 0.15) is 5.60 Å². The van der Waals surface area contributed by atoms with E-state index in [-0.39, 0.29) is 11.2 Å². The highest BCUT2D eigenvalue weighted by molar-refractivity contribution is 9.10. The number of hydrogen-bond donors (Lipinski definition) is 2. The molecule has 2 N–H and O–H groups in total. The predicted molar refractivity (Wildman–Crippen MR) is 74.8 cm³/mol. The lowest BCUT2D eigenvalue weighted by atomic mass is 10.0. The molecule has 0 radical (unpaired) electrons. The largest absolute Gasteiger partial charge is 0.478 e. The number of nitrogens with one attached hydrogen (secondary N) is 1. The summed E-state index contributed by atoms with van der Waals surface area (Å²) in [6.07, 6.45) is 0.849. The number of benzene rings is 1. The molecule has 104 valence electrons. The third-order valence-corrected chi connectivity index (χ3v) is 3.97. The lowest BCUT2D eigenvalue weighted by Crippen LogP contribution is -2.39. The van der Waals surface area contributed by atoms with Gasteiger partial charge in [-0.2, -0.15) is 0 Å². The van der Waals surface area contributed by atoms with E-state index in [1.165, 1.54) is 0 Å². The third-order valence-electron chi connectivity index (χ3n) is 3.32. The maximum absolute atomic E-state index is 10.9. The second-order valence-corrected chi connectivity index (χ2v) is 5.40. The normalized spacial score (nSPS) is 22.4. The van der Waals surface area contributed by atoms with E-state index in [1.807, 2.05) is 0 Å². The zero-order chi connectivity index (χ0) is 13.9. The van der Waals surface area contributed by atoms with E-state index >= 15 is 0 Å². The van der Waals surface area contributed by atoms with Gasteiger partial charge in [-0.25, -0.2) is 4.79 Å². The summed E-state index contributed by atoms with van der Waals surface area (Å²) in [7, 11) is 1.68. The van der Waals surface area contributed by atoms with Crippen molar-refractivity contribution in [2.75, 3.05) is 32.2 Å². The summed E-state index contributed by atoms with van der Waals surface area (Å²) in [5, 5.41) is 12.2.